The Morgan fingerprint density at radius 3 is 3.00 bits per heavy atom. The van der Waals surface area contributed by atoms with Crippen molar-refractivity contribution in [3.8, 4) is 6.07 Å². The molecule has 80 valence electrons. The first-order valence-corrected chi connectivity index (χ1v) is 4.81. The summed E-state index contributed by atoms with van der Waals surface area (Å²) >= 11 is 0. The van der Waals surface area contributed by atoms with Gasteiger partial charge in [-0.1, -0.05) is 18.5 Å². The lowest BCUT2D eigenvalue weighted by Gasteiger charge is -2.05. The number of aryl methyl sites for hydroxylation is 1. The molecule has 1 rings (SSSR count). The Labute approximate surface area is 88.1 Å². The Morgan fingerprint density at radius 2 is 2.53 bits per heavy atom. The highest BCUT2D eigenvalue weighted by Gasteiger charge is 2.18. The number of hydrogen-bond acceptors (Lipinski definition) is 4. The third-order valence-electron chi connectivity index (χ3n) is 1.92. The van der Waals surface area contributed by atoms with Crippen molar-refractivity contribution in [1.29, 1.82) is 5.26 Å². The molecule has 0 saturated heterocycles. The van der Waals surface area contributed by atoms with Gasteiger partial charge in [-0.3, -0.25) is 10.1 Å². The van der Waals surface area contributed by atoms with E-state index in [9.17, 15) is 4.79 Å². The molecule has 5 nitrogen and oxygen atoms in total. The first-order valence-electron chi connectivity index (χ1n) is 4.81. The quantitative estimate of drug-likeness (QED) is 0.817. The Balaban J connectivity index is 2.58. The van der Waals surface area contributed by atoms with E-state index in [0.717, 1.165) is 6.42 Å². The largest absolute Gasteiger partial charge is 0.338 e. The highest BCUT2D eigenvalue weighted by atomic mass is 16.5. The summed E-state index contributed by atoms with van der Waals surface area (Å²) in [5, 5.41) is 14.9. The number of aromatic nitrogens is 1. The number of carbonyl (C=O) groups is 1. The Hall–Kier alpha value is -1.83. The summed E-state index contributed by atoms with van der Waals surface area (Å²) < 4.78 is 4.82. The lowest BCUT2D eigenvalue weighted by molar-refractivity contribution is -0.118. The van der Waals surface area contributed by atoms with Gasteiger partial charge in [0.15, 0.2) is 0 Å². The zero-order valence-corrected chi connectivity index (χ0v) is 8.78. The van der Waals surface area contributed by atoms with Crippen molar-refractivity contribution in [2.24, 2.45) is 5.92 Å². The minimum absolute atomic E-state index is 0.286. The molecule has 1 atom stereocenters. The first kappa shape index (κ1) is 11.2. The Morgan fingerprint density at radius 1 is 1.80 bits per heavy atom. The maximum atomic E-state index is 11.5. The normalized spacial score (nSPS) is 11.8. The van der Waals surface area contributed by atoms with Gasteiger partial charge in [0, 0.05) is 6.07 Å². The van der Waals surface area contributed by atoms with Crippen LogP contribution in [0.25, 0.3) is 0 Å². The summed E-state index contributed by atoms with van der Waals surface area (Å²) in [4.78, 5) is 11.5. The zero-order valence-electron chi connectivity index (χ0n) is 8.78. The van der Waals surface area contributed by atoms with Crippen LogP contribution in [0.3, 0.4) is 0 Å². The van der Waals surface area contributed by atoms with Crippen LogP contribution in [0.4, 0.5) is 5.88 Å². The van der Waals surface area contributed by atoms with E-state index in [4.69, 9.17) is 9.78 Å². The molecule has 0 bridgehead atoms. The van der Waals surface area contributed by atoms with Gasteiger partial charge in [-0.2, -0.15) is 5.26 Å². The van der Waals surface area contributed by atoms with E-state index in [1.165, 1.54) is 0 Å². The molecule has 0 fully saturated rings. The summed E-state index contributed by atoms with van der Waals surface area (Å²) in [7, 11) is 0. The highest BCUT2D eigenvalue weighted by Crippen LogP contribution is 2.12. The number of hydrogen-bond donors (Lipinski definition) is 1. The zero-order chi connectivity index (χ0) is 11.3. The van der Waals surface area contributed by atoms with Gasteiger partial charge in [0.25, 0.3) is 0 Å². The molecule has 1 aromatic heterocycles. The minimum atomic E-state index is -0.625. The minimum Gasteiger partial charge on any atom is -0.338 e. The highest BCUT2D eigenvalue weighted by molar-refractivity contribution is 5.92. The number of carbonyl (C=O) groups excluding carboxylic acids is 1. The van der Waals surface area contributed by atoms with Crippen molar-refractivity contribution < 1.29 is 9.32 Å². The summed E-state index contributed by atoms with van der Waals surface area (Å²) in [5.41, 5.74) is 0.689. The molecule has 0 aromatic carbocycles. The van der Waals surface area contributed by atoms with Crippen molar-refractivity contribution in [3.05, 3.63) is 11.8 Å². The van der Waals surface area contributed by atoms with Gasteiger partial charge >= 0.3 is 0 Å². The molecule has 1 amide bonds. The van der Waals surface area contributed by atoms with Gasteiger partial charge in [0.2, 0.25) is 11.8 Å². The molecule has 0 radical (unpaired) electrons. The maximum Gasteiger partial charge on any atom is 0.244 e. The number of rotatable bonds is 4. The molecule has 0 aliphatic rings. The first-order chi connectivity index (χ1) is 7.17. The van der Waals surface area contributed by atoms with Crippen LogP contribution in [-0.2, 0) is 4.79 Å². The maximum absolute atomic E-state index is 11.5. The molecular weight excluding hydrogens is 194 g/mol. The second-order valence-electron chi connectivity index (χ2n) is 3.29. The monoisotopic (exact) mass is 207 g/mol. The van der Waals surface area contributed by atoms with Gasteiger partial charge in [0.05, 0.1) is 11.8 Å². The van der Waals surface area contributed by atoms with Gasteiger partial charge < -0.3 is 4.52 Å². The van der Waals surface area contributed by atoms with Crippen LogP contribution < -0.4 is 5.32 Å². The van der Waals surface area contributed by atoms with Crippen LogP contribution in [0.1, 0.15) is 25.5 Å². The summed E-state index contributed by atoms with van der Waals surface area (Å²) in [6, 6.07) is 3.57. The van der Waals surface area contributed by atoms with E-state index in [0.29, 0.717) is 12.1 Å². The lowest BCUT2D eigenvalue weighted by Crippen LogP contribution is -2.21. The van der Waals surface area contributed by atoms with Crippen LogP contribution in [0.15, 0.2) is 10.6 Å². The molecule has 5 heteroatoms. The predicted molar refractivity (Wildman–Crippen MR) is 53.9 cm³/mol. The third kappa shape index (κ3) is 3.09. The molecule has 0 spiro atoms. The number of amides is 1. The predicted octanol–water partition coefficient (Wildman–Crippen LogP) is 1.86. The van der Waals surface area contributed by atoms with Gasteiger partial charge in [-0.15, -0.1) is 0 Å². The van der Waals surface area contributed by atoms with Crippen LogP contribution >= 0.6 is 0 Å². The standard InChI is InChI=1S/C10H13N3O2/c1-3-4-8(6-11)10(14)12-9-5-7(2)13-15-9/h5,8H,3-4H2,1-2H3,(H,12,14). The average Bonchev–Trinajstić information content (AvgIpc) is 2.60. The molecule has 1 heterocycles. The number of nitriles is 1. The van der Waals surface area contributed by atoms with Gasteiger partial charge in [-0.05, 0) is 13.3 Å². The van der Waals surface area contributed by atoms with Gasteiger partial charge in [-0.25, -0.2) is 0 Å². The number of anilines is 1. The second-order valence-corrected chi connectivity index (χ2v) is 3.29. The van der Waals surface area contributed by atoms with Crippen molar-refractivity contribution >= 4 is 11.8 Å². The van der Waals surface area contributed by atoms with E-state index in [1.54, 1.807) is 13.0 Å². The van der Waals surface area contributed by atoms with Crippen LogP contribution in [0.2, 0.25) is 0 Å². The fourth-order valence-electron chi connectivity index (χ4n) is 1.17. The molecule has 1 aromatic rings. The van der Waals surface area contributed by atoms with Crippen molar-refractivity contribution in [1.82, 2.24) is 5.16 Å². The van der Waals surface area contributed by atoms with Crippen LogP contribution in [-0.4, -0.2) is 11.1 Å². The van der Waals surface area contributed by atoms with Crippen molar-refractivity contribution in [2.45, 2.75) is 26.7 Å². The molecule has 0 aliphatic heterocycles. The van der Waals surface area contributed by atoms with E-state index in [2.05, 4.69) is 10.5 Å². The van der Waals surface area contributed by atoms with Crippen LogP contribution in [0.5, 0.6) is 0 Å². The molecule has 15 heavy (non-hydrogen) atoms. The van der Waals surface area contributed by atoms with Gasteiger partial charge in [0.1, 0.15) is 5.92 Å². The molecule has 1 unspecified atom stereocenters. The summed E-state index contributed by atoms with van der Waals surface area (Å²) in [6.07, 6.45) is 1.34. The lowest BCUT2D eigenvalue weighted by atomic mass is 10.1. The summed E-state index contributed by atoms with van der Waals surface area (Å²) in [5.74, 6) is -0.676. The molecule has 1 N–H and O–H groups in total. The number of nitrogens with one attached hydrogen (secondary N) is 1. The van der Waals surface area contributed by atoms with Crippen molar-refractivity contribution in [2.75, 3.05) is 5.32 Å². The Bertz CT molecular complexity index is 378. The smallest absolute Gasteiger partial charge is 0.244 e. The number of nitrogens with zero attached hydrogens (tertiary/aromatic N) is 2. The second kappa shape index (κ2) is 5.15. The Kier molecular flexibility index (Phi) is 3.86. The van der Waals surface area contributed by atoms with E-state index < -0.39 is 5.92 Å². The topological polar surface area (TPSA) is 78.9 Å². The fourth-order valence-corrected chi connectivity index (χ4v) is 1.17. The summed E-state index contributed by atoms with van der Waals surface area (Å²) in [6.45, 7) is 3.68. The SMILES string of the molecule is CCCC(C#N)C(=O)Nc1cc(C)no1. The van der Waals surface area contributed by atoms with E-state index >= 15 is 0 Å². The van der Waals surface area contributed by atoms with Crippen LogP contribution in [0, 0.1) is 24.2 Å². The fraction of sp³-hybridized carbons (Fsp3) is 0.500. The molecule has 0 aliphatic carbocycles. The average molecular weight is 207 g/mol. The molecule has 0 saturated carbocycles. The third-order valence-corrected chi connectivity index (χ3v) is 1.92. The molecular formula is C10H13N3O2. The van der Waals surface area contributed by atoms with E-state index in [-0.39, 0.29) is 11.8 Å². The van der Waals surface area contributed by atoms with E-state index in [1.807, 2.05) is 13.0 Å². The van der Waals surface area contributed by atoms with Crippen molar-refractivity contribution in [3.63, 3.8) is 0 Å².